The van der Waals surface area contributed by atoms with Crippen LogP contribution in [0.4, 0.5) is 23.5 Å². The van der Waals surface area contributed by atoms with Gasteiger partial charge in [0.25, 0.3) is 6.43 Å². The van der Waals surface area contributed by atoms with Gasteiger partial charge in [0, 0.05) is 13.1 Å². The van der Waals surface area contributed by atoms with Crippen LogP contribution in [0, 0.1) is 12.7 Å². The van der Waals surface area contributed by atoms with E-state index in [2.05, 4.69) is 20.4 Å². The molecule has 5 rings (SSSR count). The number of hydrogen-bond acceptors (Lipinski definition) is 6. The summed E-state index contributed by atoms with van der Waals surface area (Å²) < 4.78 is 64.1. The number of ether oxygens (including phenoxy) is 1. The maximum absolute atomic E-state index is 15.2. The van der Waals surface area contributed by atoms with Crippen molar-refractivity contribution in [2.45, 2.75) is 38.5 Å². The van der Waals surface area contributed by atoms with E-state index in [1.165, 1.54) is 22.4 Å². The summed E-state index contributed by atoms with van der Waals surface area (Å²) in [6.07, 6.45) is -1.91. The number of halogens is 4. The highest BCUT2D eigenvalue weighted by Gasteiger charge is 2.29. The summed E-state index contributed by atoms with van der Waals surface area (Å²) >= 11 is 0. The van der Waals surface area contributed by atoms with Gasteiger partial charge in [0.15, 0.2) is 5.82 Å². The first-order valence-corrected chi connectivity index (χ1v) is 11.2. The van der Waals surface area contributed by atoms with Crippen molar-refractivity contribution in [2.24, 2.45) is 0 Å². The molecule has 1 N–H and O–H groups in total. The van der Waals surface area contributed by atoms with E-state index in [0.717, 1.165) is 6.54 Å². The van der Waals surface area contributed by atoms with Crippen LogP contribution in [-0.4, -0.2) is 74.9 Å². The van der Waals surface area contributed by atoms with E-state index >= 15 is 4.39 Å². The molecule has 186 valence electrons. The van der Waals surface area contributed by atoms with Crippen molar-refractivity contribution < 1.29 is 22.3 Å². The molecule has 1 aromatic carbocycles. The van der Waals surface area contributed by atoms with E-state index in [-0.39, 0.29) is 22.9 Å². The number of methoxy groups -OCH3 is 1. The fourth-order valence-corrected chi connectivity index (χ4v) is 4.65. The predicted octanol–water partition coefficient (Wildman–Crippen LogP) is 3.92. The molecule has 2 atom stereocenters. The number of rotatable bonds is 6. The van der Waals surface area contributed by atoms with Gasteiger partial charge in [-0.2, -0.15) is 4.98 Å². The van der Waals surface area contributed by atoms with Gasteiger partial charge in [0.2, 0.25) is 11.8 Å². The van der Waals surface area contributed by atoms with Gasteiger partial charge in [-0.05, 0) is 38.1 Å². The molecule has 12 heteroatoms. The van der Waals surface area contributed by atoms with Gasteiger partial charge >= 0.3 is 0 Å². The van der Waals surface area contributed by atoms with Crippen molar-refractivity contribution in [3.63, 3.8) is 0 Å². The normalized spacial score (nSPS) is 19.2. The third kappa shape index (κ3) is 4.26. The number of alkyl halides is 3. The van der Waals surface area contributed by atoms with Crippen LogP contribution in [0.5, 0.6) is 5.88 Å². The van der Waals surface area contributed by atoms with Crippen molar-refractivity contribution in [3.8, 4) is 17.0 Å². The SMILES string of the molecule is COc1nc(N[C@H]2CCN(C)C[C@H]2F)nn2cc(F)c(-c3ccc4nc(C)n(CC(F)F)c4c3)c12. The van der Waals surface area contributed by atoms with Gasteiger partial charge in [0.05, 0.1) is 42.5 Å². The van der Waals surface area contributed by atoms with Crippen LogP contribution in [0.2, 0.25) is 0 Å². The molecule has 1 fully saturated rings. The summed E-state index contributed by atoms with van der Waals surface area (Å²) in [7, 11) is 3.26. The van der Waals surface area contributed by atoms with Crippen molar-refractivity contribution >= 4 is 22.5 Å². The van der Waals surface area contributed by atoms with Crippen LogP contribution >= 0.6 is 0 Å². The third-order valence-corrected chi connectivity index (χ3v) is 6.35. The number of benzene rings is 1. The van der Waals surface area contributed by atoms with E-state index in [0.29, 0.717) is 35.4 Å². The summed E-state index contributed by atoms with van der Waals surface area (Å²) in [6.45, 7) is 2.15. The highest BCUT2D eigenvalue weighted by Crippen LogP contribution is 2.36. The zero-order chi connectivity index (χ0) is 24.9. The molecule has 0 aliphatic carbocycles. The van der Waals surface area contributed by atoms with Crippen LogP contribution in [0.15, 0.2) is 24.4 Å². The second kappa shape index (κ2) is 8.99. The molecule has 4 aromatic rings. The monoisotopic (exact) mass is 491 g/mol. The smallest absolute Gasteiger partial charge is 0.256 e. The highest BCUT2D eigenvalue weighted by molar-refractivity contribution is 5.90. The first kappa shape index (κ1) is 23.3. The van der Waals surface area contributed by atoms with Gasteiger partial charge in [-0.1, -0.05) is 6.07 Å². The molecule has 3 aromatic heterocycles. The Morgan fingerprint density at radius 3 is 2.77 bits per heavy atom. The molecular weight excluding hydrogens is 466 g/mol. The number of fused-ring (bicyclic) bond motifs is 2. The Morgan fingerprint density at radius 1 is 1.26 bits per heavy atom. The molecule has 0 spiro atoms. The lowest BCUT2D eigenvalue weighted by Gasteiger charge is -2.32. The Labute approximate surface area is 198 Å². The Bertz CT molecular complexity index is 1390. The summed E-state index contributed by atoms with van der Waals surface area (Å²) in [5.74, 6) is 0.0704. The van der Waals surface area contributed by atoms with Gasteiger partial charge < -0.3 is 19.5 Å². The van der Waals surface area contributed by atoms with Gasteiger partial charge in [-0.3, -0.25) is 0 Å². The van der Waals surface area contributed by atoms with Crippen LogP contribution in [0.3, 0.4) is 0 Å². The predicted molar refractivity (Wildman–Crippen MR) is 123 cm³/mol. The second-order valence-electron chi connectivity index (χ2n) is 8.77. The number of aryl methyl sites for hydroxylation is 1. The van der Waals surface area contributed by atoms with Crippen LogP contribution in [0.25, 0.3) is 27.7 Å². The molecule has 8 nitrogen and oxygen atoms in total. The lowest BCUT2D eigenvalue weighted by atomic mass is 10.0. The lowest BCUT2D eigenvalue weighted by molar-refractivity contribution is 0.127. The Morgan fingerprint density at radius 2 is 2.06 bits per heavy atom. The summed E-state index contributed by atoms with van der Waals surface area (Å²) in [5, 5.41) is 7.35. The third-order valence-electron chi connectivity index (χ3n) is 6.35. The number of imidazole rings is 1. The number of likely N-dealkylation sites (tertiary alicyclic amines) is 1. The van der Waals surface area contributed by atoms with Crippen molar-refractivity contribution in [2.75, 3.05) is 32.6 Å². The number of hydrogen-bond donors (Lipinski definition) is 1. The number of nitrogens with zero attached hydrogens (tertiary/aromatic N) is 6. The van der Waals surface area contributed by atoms with E-state index < -0.39 is 31.0 Å². The molecule has 4 heterocycles. The Kier molecular flexibility index (Phi) is 5.99. The first-order valence-electron chi connectivity index (χ1n) is 11.2. The number of piperidine rings is 1. The van der Waals surface area contributed by atoms with Crippen LogP contribution in [0.1, 0.15) is 12.2 Å². The zero-order valence-corrected chi connectivity index (χ0v) is 19.5. The molecule has 35 heavy (non-hydrogen) atoms. The second-order valence-corrected chi connectivity index (χ2v) is 8.77. The average molecular weight is 491 g/mol. The molecule has 1 aliphatic heterocycles. The van der Waals surface area contributed by atoms with E-state index in [1.54, 1.807) is 25.1 Å². The maximum atomic E-state index is 15.2. The van der Waals surface area contributed by atoms with Crippen LogP contribution in [-0.2, 0) is 6.54 Å². The molecule has 1 saturated heterocycles. The number of anilines is 1. The fourth-order valence-electron chi connectivity index (χ4n) is 4.65. The molecule has 1 aliphatic rings. The van der Waals surface area contributed by atoms with Gasteiger partial charge in [0.1, 0.15) is 17.5 Å². The molecule has 0 amide bonds. The topological polar surface area (TPSA) is 72.5 Å². The average Bonchev–Trinajstić information content (AvgIpc) is 3.30. The summed E-state index contributed by atoms with van der Waals surface area (Å²) in [4.78, 5) is 10.6. The minimum absolute atomic E-state index is 0.0992. The van der Waals surface area contributed by atoms with E-state index in [1.807, 2.05) is 11.9 Å². The minimum Gasteiger partial charge on any atom is -0.479 e. The largest absolute Gasteiger partial charge is 0.479 e. The molecule has 0 radical (unpaired) electrons. The molecular formula is C23H25F4N7O. The van der Waals surface area contributed by atoms with Crippen molar-refractivity contribution in [1.29, 1.82) is 0 Å². The first-order chi connectivity index (χ1) is 16.7. The Hall–Kier alpha value is -3.41. The fraction of sp³-hybridized carbons (Fsp3) is 0.435. The van der Waals surface area contributed by atoms with Crippen molar-refractivity contribution in [3.05, 3.63) is 36.0 Å². The molecule has 0 unspecified atom stereocenters. The van der Waals surface area contributed by atoms with E-state index in [4.69, 9.17) is 4.74 Å². The standard InChI is InChI=1S/C23H25F4N7O/c1-12-28-17-5-4-13(8-18(17)33(12)11-19(26)27)20-15(25)10-34-21(20)22(35-3)30-23(31-34)29-16-6-7-32(2)9-14(16)24/h4-5,8,10,14,16,19H,6-7,9,11H2,1-3H3,(H,29,31)/t14-,16+/m1/s1. The number of aromatic nitrogens is 5. The van der Waals surface area contributed by atoms with E-state index in [9.17, 15) is 13.2 Å². The van der Waals surface area contributed by atoms with Crippen molar-refractivity contribution in [1.82, 2.24) is 29.0 Å². The zero-order valence-electron chi connectivity index (χ0n) is 19.5. The summed E-state index contributed by atoms with van der Waals surface area (Å²) in [5.41, 5.74) is 1.87. The number of nitrogens with one attached hydrogen (secondary N) is 1. The molecule has 0 saturated carbocycles. The summed E-state index contributed by atoms with van der Waals surface area (Å²) in [6, 6.07) is 4.47. The highest BCUT2D eigenvalue weighted by atomic mass is 19.3. The molecule has 0 bridgehead atoms. The maximum Gasteiger partial charge on any atom is 0.256 e. The minimum atomic E-state index is -2.56. The Balaban J connectivity index is 1.57. The van der Waals surface area contributed by atoms with Crippen LogP contribution < -0.4 is 10.1 Å². The van der Waals surface area contributed by atoms with Gasteiger partial charge in [-0.15, -0.1) is 5.10 Å². The lowest BCUT2D eigenvalue weighted by Crippen LogP contribution is -2.46. The quantitative estimate of drug-likeness (QED) is 0.413. The van der Waals surface area contributed by atoms with Gasteiger partial charge in [-0.25, -0.2) is 27.1 Å².